The number of benzene rings is 2. The van der Waals surface area contributed by atoms with Crippen molar-refractivity contribution in [1.82, 2.24) is 4.90 Å². The monoisotopic (exact) mass is 541 g/mol. The van der Waals surface area contributed by atoms with Crippen molar-refractivity contribution >= 4 is 40.0 Å². The van der Waals surface area contributed by atoms with Crippen molar-refractivity contribution in [3.8, 4) is 5.75 Å². The Bertz CT molecular complexity index is 1480. The summed E-state index contributed by atoms with van der Waals surface area (Å²) in [6, 6.07) is 15.6. The molecule has 4 atom stereocenters. The van der Waals surface area contributed by atoms with Crippen LogP contribution in [-0.2, 0) is 20.9 Å². The first-order chi connectivity index (χ1) is 18.8. The van der Waals surface area contributed by atoms with Crippen LogP contribution in [0.4, 0.5) is 0 Å². The lowest BCUT2D eigenvalue weighted by atomic mass is 9.67. The number of hydrogen-bond acceptors (Lipinski definition) is 5. The van der Waals surface area contributed by atoms with Crippen LogP contribution >= 0.6 is 11.3 Å². The Hall–Kier alpha value is -3.22. The maximum Gasteiger partial charge on any atom is 0.234 e. The highest BCUT2D eigenvalue weighted by atomic mass is 32.1. The molecule has 1 N–H and O–H groups in total. The molecule has 6 heteroatoms. The van der Waals surface area contributed by atoms with Gasteiger partial charge >= 0.3 is 0 Å². The van der Waals surface area contributed by atoms with E-state index in [4.69, 9.17) is 4.74 Å². The van der Waals surface area contributed by atoms with Crippen LogP contribution in [-0.4, -0.2) is 34.5 Å². The number of carbonyl (C=O) groups is 2. The lowest BCUT2D eigenvalue weighted by molar-refractivity contribution is -0.140. The van der Waals surface area contributed by atoms with Gasteiger partial charge in [0.2, 0.25) is 11.8 Å². The van der Waals surface area contributed by atoms with Crippen LogP contribution < -0.4 is 0 Å². The van der Waals surface area contributed by atoms with Gasteiger partial charge in [-0.25, -0.2) is 0 Å². The molecule has 3 aliphatic rings. The number of rotatable bonds is 7. The molecule has 3 aromatic rings. The molecule has 2 fully saturated rings. The molecule has 2 aromatic carbocycles. The van der Waals surface area contributed by atoms with E-state index in [1.165, 1.54) is 21.6 Å². The number of phenols is 1. The average molecular weight is 542 g/mol. The van der Waals surface area contributed by atoms with Crippen molar-refractivity contribution < 1.29 is 19.4 Å². The summed E-state index contributed by atoms with van der Waals surface area (Å²) in [5.41, 5.74) is 4.93. The number of imide groups is 1. The number of aromatic hydroxyl groups is 1. The zero-order valence-corrected chi connectivity index (χ0v) is 23.5. The largest absolute Gasteiger partial charge is 0.507 e. The van der Waals surface area contributed by atoms with E-state index in [2.05, 4.69) is 26.8 Å². The van der Waals surface area contributed by atoms with Gasteiger partial charge in [-0.05, 0) is 66.1 Å². The van der Waals surface area contributed by atoms with Gasteiger partial charge in [-0.15, -0.1) is 11.3 Å². The van der Waals surface area contributed by atoms with Crippen LogP contribution in [0.1, 0.15) is 50.5 Å². The fourth-order valence-corrected chi connectivity index (χ4v) is 7.56. The quantitative estimate of drug-likeness (QED) is 0.259. The third-order valence-electron chi connectivity index (χ3n) is 8.76. The standard InChI is InChI=1S/C33H35NO4S/c1-19(2)25-16-26-31(33(37)34(32(26)36)17-22-7-6-14-39-22)27-18-38-29(30(25)27)13-10-20(3)15-21-11-12-28(35)24-9-5-4-8-23(21)24/h4-9,11-12,14-15,19,26-27,29,31,35H,10,13,16-18H2,1-3H3/b20-15+/t26-,27+,29-,31-/m1/s1. The molecule has 0 bridgehead atoms. The van der Waals surface area contributed by atoms with E-state index in [1.807, 2.05) is 47.8 Å². The van der Waals surface area contributed by atoms with E-state index in [0.29, 0.717) is 31.2 Å². The highest BCUT2D eigenvalue weighted by Gasteiger charge is 2.57. The molecular formula is C33H35NO4S. The lowest BCUT2D eigenvalue weighted by Crippen LogP contribution is -2.35. The summed E-state index contributed by atoms with van der Waals surface area (Å²) in [4.78, 5) is 29.6. The van der Waals surface area contributed by atoms with Crippen LogP contribution in [0, 0.1) is 23.7 Å². The molecule has 6 rings (SSSR count). The van der Waals surface area contributed by atoms with Crippen molar-refractivity contribution in [3.05, 3.63) is 81.1 Å². The first-order valence-corrected chi connectivity index (χ1v) is 14.8. The summed E-state index contributed by atoms with van der Waals surface area (Å²) in [5.74, 6) is -0.0239. The van der Waals surface area contributed by atoms with Gasteiger partial charge in [0.25, 0.3) is 0 Å². The summed E-state index contributed by atoms with van der Waals surface area (Å²) < 4.78 is 6.40. The van der Waals surface area contributed by atoms with E-state index in [1.54, 1.807) is 17.4 Å². The van der Waals surface area contributed by atoms with Gasteiger partial charge in [0, 0.05) is 16.2 Å². The van der Waals surface area contributed by atoms with Gasteiger partial charge in [0.15, 0.2) is 0 Å². The number of carbonyl (C=O) groups excluding carboxylic acids is 2. The molecule has 1 aliphatic carbocycles. The van der Waals surface area contributed by atoms with Crippen LogP contribution in [0.3, 0.4) is 0 Å². The second-order valence-electron chi connectivity index (χ2n) is 11.5. The molecule has 2 amide bonds. The van der Waals surface area contributed by atoms with Crippen LogP contribution in [0.15, 0.2) is 70.6 Å². The minimum absolute atomic E-state index is 0.0127. The normalized spacial score (nSPS) is 25.2. The van der Waals surface area contributed by atoms with E-state index < -0.39 is 0 Å². The number of hydrogen-bond donors (Lipinski definition) is 1. The number of fused-ring (bicyclic) bond motifs is 4. The molecule has 2 aliphatic heterocycles. The summed E-state index contributed by atoms with van der Waals surface area (Å²) in [6.45, 7) is 7.42. The minimum Gasteiger partial charge on any atom is -0.507 e. The van der Waals surface area contributed by atoms with Crippen molar-refractivity contribution in [1.29, 1.82) is 0 Å². The van der Waals surface area contributed by atoms with Gasteiger partial charge in [0.05, 0.1) is 31.1 Å². The molecule has 0 radical (unpaired) electrons. The molecule has 3 heterocycles. The zero-order valence-electron chi connectivity index (χ0n) is 22.7. The number of allylic oxidation sites excluding steroid dienone is 2. The third kappa shape index (κ3) is 4.64. The maximum absolute atomic E-state index is 13.6. The molecule has 0 spiro atoms. The first-order valence-electron chi connectivity index (χ1n) is 13.9. The van der Waals surface area contributed by atoms with E-state index in [9.17, 15) is 14.7 Å². The summed E-state index contributed by atoms with van der Waals surface area (Å²) >= 11 is 1.58. The topological polar surface area (TPSA) is 66.8 Å². The highest BCUT2D eigenvalue weighted by Crippen LogP contribution is 2.51. The van der Waals surface area contributed by atoms with Crippen LogP contribution in [0.2, 0.25) is 0 Å². The number of amides is 2. The molecule has 0 saturated carbocycles. The maximum atomic E-state index is 13.6. The summed E-state index contributed by atoms with van der Waals surface area (Å²) in [7, 11) is 0. The van der Waals surface area contributed by atoms with Crippen molar-refractivity contribution in [2.24, 2.45) is 23.7 Å². The van der Waals surface area contributed by atoms with E-state index in [-0.39, 0.29) is 35.7 Å². The zero-order chi connectivity index (χ0) is 27.3. The van der Waals surface area contributed by atoms with Gasteiger partial charge in [0.1, 0.15) is 5.75 Å². The van der Waals surface area contributed by atoms with Gasteiger partial charge in [-0.3, -0.25) is 14.5 Å². The van der Waals surface area contributed by atoms with Crippen molar-refractivity contribution in [3.63, 3.8) is 0 Å². The number of ether oxygens (including phenoxy) is 1. The van der Waals surface area contributed by atoms with Crippen molar-refractivity contribution in [2.75, 3.05) is 6.61 Å². The van der Waals surface area contributed by atoms with Gasteiger partial charge in [-0.1, -0.05) is 67.5 Å². The average Bonchev–Trinajstić information content (AvgIpc) is 3.65. The van der Waals surface area contributed by atoms with Gasteiger partial charge < -0.3 is 9.84 Å². The first kappa shape index (κ1) is 26.0. The van der Waals surface area contributed by atoms with Crippen LogP contribution in [0.25, 0.3) is 16.8 Å². The number of nitrogens with zero attached hydrogens (tertiary/aromatic N) is 1. The Morgan fingerprint density at radius 1 is 1.08 bits per heavy atom. The Kier molecular flexibility index (Phi) is 6.94. The molecule has 39 heavy (non-hydrogen) atoms. The SMILES string of the molecule is C/C(=C\c1ccc(O)c2ccccc12)CC[C@H]1OC[C@H]2C1=C(C(C)C)C[C@H]1C(=O)N(Cc3cccs3)C(=O)[C@H]12. The highest BCUT2D eigenvalue weighted by molar-refractivity contribution is 7.09. The summed E-state index contributed by atoms with van der Waals surface area (Å²) in [6.07, 6.45) is 4.55. The predicted molar refractivity (Wildman–Crippen MR) is 155 cm³/mol. The molecule has 5 nitrogen and oxygen atoms in total. The minimum atomic E-state index is -0.306. The Balaban J connectivity index is 1.22. The fourth-order valence-electron chi connectivity index (χ4n) is 6.87. The lowest BCUT2D eigenvalue weighted by Gasteiger charge is -2.33. The smallest absolute Gasteiger partial charge is 0.234 e. The third-order valence-corrected chi connectivity index (χ3v) is 9.63. The van der Waals surface area contributed by atoms with Crippen LogP contribution in [0.5, 0.6) is 5.75 Å². The van der Waals surface area contributed by atoms with E-state index >= 15 is 0 Å². The van der Waals surface area contributed by atoms with Crippen molar-refractivity contribution in [2.45, 2.75) is 52.7 Å². The Morgan fingerprint density at radius 3 is 2.62 bits per heavy atom. The summed E-state index contributed by atoms with van der Waals surface area (Å²) in [5, 5.41) is 14.1. The number of phenolic OH excluding ortho intramolecular Hbond substituents is 1. The molecule has 0 unspecified atom stereocenters. The molecule has 202 valence electrons. The Labute approximate surface area is 233 Å². The molecule has 1 aromatic heterocycles. The fraction of sp³-hybridized carbons (Fsp3) is 0.394. The number of thiophene rings is 1. The molecular weight excluding hydrogens is 506 g/mol. The van der Waals surface area contributed by atoms with E-state index in [0.717, 1.165) is 34.1 Å². The Morgan fingerprint density at radius 2 is 1.87 bits per heavy atom. The predicted octanol–water partition coefficient (Wildman–Crippen LogP) is 6.96. The molecule has 2 saturated heterocycles. The number of likely N-dealkylation sites (tertiary alicyclic amines) is 1. The second kappa shape index (κ2) is 10.4. The van der Waals surface area contributed by atoms with Gasteiger partial charge in [-0.2, -0.15) is 0 Å². The second-order valence-corrected chi connectivity index (χ2v) is 12.5.